The van der Waals surface area contributed by atoms with Crippen LogP contribution in [0.25, 0.3) is 0 Å². The second-order valence-electron chi connectivity index (χ2n) is 2.04. The molecule has 1 rings (SSSR count). The fourth-order valence-corrected chi connectivity index (χ4v) is 1.17. The topological polar surface area (TPSA) is 35.2 Å². The second kappa shape index (κ2) is 2.80. The van der Waals surface area contributed by atoms with E-state index in [1.165, 1.54) is 0 Å². The van der Waals surface area contributed by atoms with Gasteiger partial charge in [-0.1, -0.05) is 15.9 Å². The molecule has 2 unspecified atom stereocenters. The molecule has 1 saturated heterocycles. The zero-order valence-electron chi connectivity index (χ0n) is 4.64. The molecule has 0 amide bonds. The van der Waals surface area contributed by atoms with E-state index in [9.17, 15) is 0 Å². The summed E-state index contributed by atoms with van der Waals surface area (Å²) in [4.78, 5) is 0.372. The van der Waals surface area contributed by atoms with Crippen molar-refractivity contribution in [1.82, 2.24) is 0 Å². The van der Waals surface area contributed by atoms with Crippen LogP contribution in [0.1, 0.15) is 6.42 Å². The van der Waals surface area contributed by atoms with Gasteiger partial charge in [0.1, 0.15) is 0 Å². The first-order valence-electron chi connectivity index (χ1n) is 2.78. The van der Waals surface area contributed by atoms with Crippen molar-refractivity contribution in [2.45, 2.75) is 17.3 Å². The monoisotopic (exact) mass is 179 g/mol. The quantitative estimate of drug-likeness (QED) is 0.551. The summed E-state index contributed by atoms with van der Waals surface area (Å²) in [6, 6.07) is 0.295. The van der Waals surface area contributed by atoms with Crippen LogP contribution in [0.2, 0.25) is 0 Å². The van der Waals surface area contributed by atoms with Crippen LogP contribution < -0.4 is 5.73 Å². The molecule has 0 aromatic carbocycles. The Morgan fingerprint density at radius 1 is 1.62 bits per heavy atom. The normalized spacial score (nSPS) is 39.8. The number of rotatable bonds is 0. The molecule has 1 aliphatic heterocycles. The number of alkyl halides is 1. The van der Waals surface area contributed by atoms with Crippen molar-refractivity contribution in [3.05, 3.63) is 0 Å². The van der Waals surface area contributed by atoms with Crippen LogP contribution in [0.15, 0.2) is 0 Å². The number of hydrogen-bond donors (Lipinski definition) is 1. The minimum atomic E-state index is 0.295. The predicted octanol–water partition coefficient (Wildman–Crippen LogP) is 0.497. The molecule has 8 heavy (non-hydrogen) atoms. The Bertz CT molecular complexity index is 68.8. The van der Waals surface area contributed by atoms with Gasteiger partial charge in [0.05, 0.1) is 11.4 Å². The van der Waals surface area contributed by atoms with Crippen molar-refractivity contribution in [3.8, 4) is 0 Å². The molecule has 2 atom stereocenters. The van der Waals surface area contributed by atoms with Crippen molar-refractivity contribution < 1.29 is 4.74 Å². The van der Waals surface area contributed by atoms with Gasteiger partial charge in [-0.3, -0.25) is 0 Å². The van der Waals surface area contributed by atoms with Crippen LogP contribution in [0.4, 0.5) is 0 Å². The molecule has 0 bridgehead atoms. The van der Waals surface area contributed by atoms with Gasteiger partial charge in [-0.15, -0.1) is 0 Å². The van der Waals surface area contributed by atoms with Crippen molar-refractivity contribution in [2.75, 3.05) is 13.2 Å². The maximum absolute atomic E-state index is 5.65. The third-order valence-corrected chi connectivity index (χ3v) is 2.28. The third-order valence-electron chi connectivity index (χ3n) is 1.34. The lowest BCUT2D eigenvalue weighted by Crippen LogP contribution is -2.38. The molecule has 48 valence electrons. The molecule has 0 aromatic rings. The molecule has 2 nitrogen and oxygen atoms in total. The van der Waals surface area contributed by atoms with Gasteiger partial charge in [-0.25, -0.2) is 0 Å². The van der Waals surface area contributed by atoms with Crippen molar-refractivity contribution in [1.29, 1.82) is 0 Å². The summed E-state index contributed by atoms with van der Waals surface area (Å²) < 4.78 is 5.13. The zero-order chi connectivity index (χ0) is 5.98. The molecular weight excluding hydrogens is 170 g/mol. The Labute approximate surface area is 57.5 Å². The number of nitrogens with two attached hydrogens (primary N) is 1. The highest BCUT2D eigenvalue weighted by Gasteiger charge is 2.18. The second-order valence-corrected chi connectivity index (χ2v) is 3.22. The van der Waals surface area contributed by atoms with Gasteiger partial charge in [-0.2, -0.15) is 0 Å². The zero-order valence-corrected chi connectivity index (χ0v) is 6.23. The molecule has 2 N–H and O–H groups in total. The van der Waals surface area contributed by atoms with Gasteiger partial charge in [0.25, 0.3) is 0 Å². The van der Waals surface area contributed by atoms with Crippen LogP contribution in [0.3, 0.4) is 0 Å². The summed E-state index contributed by atoms with van der Waals surface area (Å²) >= 11 is 3.40. The SMILES string of the molecule is NC1CCOCC1Br. The summed E-state index contributed by atoms with van der Waals surface area (Å²) in [6.07, 6.45) is 0.982. The Balaban J connectivity index is 2.28. The Morgan fingerprint density at radius 2 is 2.38 bits per heavy atom. The Hall–Kier alpha value is 0.400. The fraction of sp³-hybridized carbons (Fsp3) is 1.00. The van der Waals surface area contributed by atoms with E-state index in [4.69, 9.17) is 10.5 Å². The Kier molecular flexibility index (Phi) is 2.28. The van der Waals surface area contributed by atoms with Crippen LogP contribution in [-0.4, -0.2) is 24.1 Å². The molecule has 1 heterocycles. The number of ether oxygens (including phenoxy) is 1. The van der Waals surface area contributed by atoms with E-state index in [-0.39, 0.29) is 0 Å². The van der Waals surface area contributed by atoms with Crippen LogP contribution in [0.5, 0.6) is 0 Å². The molecular formula is C5H10BrNO. The van der Waals surface area contributed by atoms with E-state index >= 15 is 0 Å². The lowest BCUT2D eigenvalue weighted by atomic mass is 10.1. The summed E-state index contributed by atoms with van der Waals surface area (Å²) in [6.45, 7) is 1.59. The summed E-state index contributed by atoms with van der Waals surface area (Å²) in [5.74, 6) is 0. The van der Waals surface area contributed by atoms with E-state index in [0.717, 1.165) is 19.6 Å². The highest BCUT2D eigenvalue weighted by Crippen LogP contribution is 2.12. The predicted molar refractivity (Wildman–Crippen MR) is 36.1 cm³/mol. The van der Waals surface area contributed by atoms with E-state index in [1.807, 2.05) is 0 Å². The van der Waals surface area contributed by atoms with Gasteiger partial charge >= 0.3 is 0 Å². The number of halogens is 1. The fourth-order valence-electron chi connectivity index (χ4n) is 0.720. The van der Waals surface area contributed by atoms with Gasteiger partial charge in [-0.05, 0) is 6.42 Å². The van der Waals surface area contributed by atoms with Gasteiger partial charge in [0.15, 0.2) is 0 Å². The summed E-state index contributed by atoms with van der Waals surface area (Å²) in [5.41, 5.74) is 5.65. The Morgan fingerprint density at radius 3 is 2.75 bits per heavy atom. The van der Waals surface area contributed by atoms with Crippen molar-refractivity contribution in [2.24, 2.45) is 5.73 Å². The van der Waals surface area contributed by atoms with Crippen LogP contribution in [-0.2, 0) is 4.74 Å². The molecule has 0 radical (unpaired) electrons. The van der Waals surface area contributed by atoms with E-state index in [2.05, 4.69) is 15.9 Å². The number of hydrogen-bond acceptors (Lipinski definition) is 2. The highest BCUT2D eigenvalue weighted by molar-refractivity contribution is 9.09. The molecule has 0 spiro atoms. The van der Waals surface area contributed by atoms with Crippen LogP contribution in [0, 0.1) is 0 Å². The van der Waals surface area contributed by atoms with Crippen molar-refractivity contribution >= 4 is 15.9 Å². The molecule has 0 aromatic heterocycles. The third kappa shape index (κ3) is 1.44. The van der Waals surface area contributed by atoms with E-state index < -0.39 is 0 Å². The van der Waals surface area contributed by atoms with Crippen molar-refractivity contribution in [3.63, 3.8) is 0 Å². The van der Waals surface area contributed by atoms with Gasteiger partial charge < -0.3 is 10.5 Å². The lowest BCUT2D eigenvalue weighted by Gasteiger charge is -2.23. The average Bonchev–Trinajstić information content (AvgIpc) is 1.77. The van der Waals surface area contributed by atoms with Gasteiger partial charge in [0, 0.05) is 12.6 Å². The molecule has 1 aliphatic rings. The minimum absolute atomic E-state index is 0.295. The maximum atomic E-state index is 5.65. The smallest absolute Gasteiger partial charge is 0.0606 e. The van der Waals surface area contributed by atoms with E-state index in [1.54, 1.807) is 0 Å². The molecule has 0 aliphatic carbocycles. The maximum Gasteiger partial charge on any atom is 0.0606 e. The standard InChI is InChI=1S/C5H10BrNO/c6-4-3-8-2-1-5(4)7/h4-5H,1-3,7H2. The molecule has 3 heteroatoms. The van der Waals surface area contributed by atoms with E-state index in [0.29, 0.717) is 10.9 Å². The molecule has 0 saturated carbocycles. The summed E-state index contributed by atoms with van der Waals surface area (Å²) in [7, 11) is 0. The lowest BCUT2D eigenvalue weighted by molar-refractivity contribution is 0.0932. The average molecular weight is 180 g/mol. The highest BCUT2D eigenvalue weighted by atomic mass is 79.9. The van der Waals surface area contributed by atoms with Crippen LogP contribution >= 0.6 is 15.9 Å². The largest absolute Gasteiger partial charge is 0.380 e. The van der Waals surface area contributed by atoms with Gasteiger partial charge in [0.2, 0.25) is 0 Å². The minimum Gasteiger partial charge on any atom is -0.380 e. The first-order chi connectivity index (χ1) is 3.80. The summed E-state index contributed by atoms with van der Waals surface area (Å²) in [5, 5.41) is 0. The first-order valence-corrected chi connectivity index (χ1v) is 3.69. The first kappa shape index (κ1) is 6.52. The molecule has 1 fully saturated rings.